The molecule has 7 heteroatoms. The molecule has 0 fully saturated rings. The van der Waals surface area contributed by atoms with Crippen LogP contribution in [-0.4, -0.2) is 11.8 Å². The summed E-state index contributed by atoms with van der Waals surface area (Å²) in [6, 6.07) is 5.15. The highest BCUT2D eigenvalue weighted by Crippen LogP contribution is 2.21. The van der Waals surface area contributed by atoms with Gasteiger partial charge in [-0.05, 0) is 39.5 Å². The third-order valence-corrected chi connectivity index (χ3v) is 4.18. The fraction of sp³-hybridized carbons (Fsp3) is 0. The van der Waals surface area contributed by atoms with Crippen LogP contribution in [0.3, 0.4) is 0 Å². The zero-order valence-electron chi connectivity index (χ0n) is 8.40. The minimum absolute atomic E-state index is 0.324. The molecule has 2 amide bonds. The number of carbonyl (C=O) groups is 2. The molecule has 4 nitrogen and oxygen atoms in total. The van der Waals surface area contributed by atoms with Crippen molar-refractivity contribution in [3.63, 3.8) is 0 Å². The zero-order valence-corrected chi connectivity index (χ0v) is 11.6. The van der Waals surface area contributed by atoms with Crippen molar-refractivity contribution in [2.45, 2.75) is 0 Å². The summed E-state index contributed by atoms with van der Waals surface area (Å²) < 4.78 is 0.867. The molecular formula is C10H7BrN2O2S2. The number of hydrogen-bond donors (Lipinski definition) is 2. The largest absolute Gasteiger partial charge is 0.279 e. The van der Waals surface area contributed by atoms with Crippen LogP contribution < -0.4 is 10.9 Å². The van der Waals surface area contributed by atoms with Crippen molar-refractivity contribution in [2.75, 3.05) is 0 Å². The van der Waals surface area contributed by atoms with E-state index in [4.69, 9.17) is 0 Å². The van der Waals surface area contributed by atoms with Crippen LogP contribution in [0.15, 0.2) is 32.7 Å². The molecule has 2 rings (SSSR count). The van der Waals surface area contributed by atoms with Gasteiger partial charge in [-0.15, -0.1) is 11.3 Å². The molecular weight excluding hydrogens is 324 g/mol. The molecule has 0 bridgehead atoms. The van der Waals surface area contributed by atoms with E-state index in [9.17, 15) is 9.59 Å². The molecule has 88 valence electrons. The lowest BCUT2D eigenvalue weighted by Crippen LogP contribution is -2.41. The standard InChI is InChI=1S/C10H7BrN2O2S2/c11-8-2-1-7(17-8)10(15)13-12-9(14)6-3-4-16-5-6/h1-5H,(H,12,14)(H,13,15). The molecule has 0 saturated carbocycles. The Balaban J connectivity index is 1.91. The predicted octanol–water partition coefficient (Wildman–Crippen LogP) is 2.65. The number of amides is 2. The number of halogens is 1. The van der Waals surface area contributed by atoms with Crippen LogP contribution in [0.1, 0.15) is 20.0 Å². The van der Waals surface area contributed by atoms with Crippen molar-refractivity contribution < 1.29 is 9.59 Å². The van der Waals surface area contributed by atoms with Crippen molar-refractivity contribution in [3.8, 4) is 0 Å². The Hall–Kier alpha value is -1.18. The van der Waals surface area contributed by atoms with E-state index in [0.29, 0.717) is 10.4 Å². The second-order valence-electron chi connectivity index (χ2n) is 3.02. The highest BCUT2D eigenvalue weighted by Gasteiger charge is 2.10. The third-order valence-electron chi connectivity index (χ3n) is 1.87. The van der Waals surface area contributed by atoms with Crippen molar-refractivity contribution >= 4 is 50.4 Å². The number of rotatable bonds is 2. The molecule has 2 aromatic heterocycles. The zero-order chi connectivity index (χ0) is 12.3. The Bertz CT molecular complexity index is 536. The maximum atomic E-state index is 11.6. The monoisotopic (exact) mass is 330 g/mol. The smallest absolute Gasteiger partial charge is 0.267 e. The van der Waals surface area contributed by atoms with E-state index in [2.05, 4.69) is 26.8 Å². The predicted molar refractivity (Wildman–Crippen MR) is 71.3 cm³/mol. The summed E-state index contributed by atoms with van der Waals surface area (Å²) in [5.41, 5.74) is 5.24. The lowest BCUT2D eigenvalue weighted by atomic mass is 10.3. The van der Waals surface area contributed by atoms with E-state index in [0.717, 1.165) is 3.79 Å². The second-order valence-corrected chi connectivity index (χ2v) is 6.27. The first-order valence-electron chi connectivity index (χ1n) is 4.55. The van der Waals surface area contributed by atoms with E-state index >= 15 is 0 Å². The van der Waals surface area contributed by atoms with Gasteiger partial charge in [0.2, 0.25) is 0 Å². The van der Waals surface area contributed by atoms with Crippen LogP contribution in [0.5, 0.6) is 0 Å². The van der Waals surface area contributed by atoms with Crippen LogP contribution in [0, 0.1) is 0 Å². The van der Waals surface area contributed by atoms with E-state index in [-0.39, 0.29) is 11.8 Å². The number of hydrazine groups is 1. The molecule has 0 aliphatic heterocycles. The van der Waals surface area contributed by atoms with Crippen LogP contribution >= 0.6 is 38.6 Å². The van der Waals surface area contributed by atoms with Gasteiger partial charge in [-0.3, -0.25) is 20.4 Å². The molecule has 0 aliphatic rings. The Labute approximate surface area is 114 Å². The number of carbonyl (C=O) groups excluding carboxylic acids is 2. The van der Waals surface area contributed by atoms with Crippen LogP contribution in [-0.2, 0) is 0 Å². The topological polar surface area (TPSA) is 58.2 Å². The SMILES string of the molecule is O=C(NNC(=O)c1ccc(Br)s1)c1ccsc1. The quantitative estimate of drug-likeness (QED) is 0.831. The van der Waals surface area contributed by atoms with Gasteiger partial charge in [0.25, 0.3) is 11.8 Å². The summed E-state index contributed by atoms with van der Waals surface area (Å²) in [6.45, 7) is 0. The van der Waals surface area contributed by atoms with Gasteiger partial charge in [0.05, 0.1) is 14.2 Å². The van der Waals surface area contributed by atoms with Crippen LogP contribution in [0.4, 0.5) is 0 Å². The van der Waals surface area contributed by atoms with E-state index in [1.165, 1.54) is 22.7 Å². The molecule has 2 N–H and O–H groups in total. The third kappa shape index (κ3) is 3.15. The molecule has 0 aliphatic carbocycles. The summed E-state index contributed by atoms with van der Waals surface area (Å²) in [6.07, 6.45) is 0. The Morgan fingerprint density at radius 1 is 1.12 bits per heavy atom. The van der Waals surface area contributed by atoms with Gasteiger partial charge < -0.3 is 0 Å². The second kappa shape index (κ2) is 5.44. The molecule has 0 unspecified atom stereocenters. The molecule has 0 radical (unpaired) electrons. The first kappa shape index (κ1) is 12.3. The van der Waals surface area contributed by atoms with Gasteiger partial charge in [0.1, 0.15) is 0 Å². The van der Waals surface area contributed by atoms with Gasteiger partial charge >= 0.3 is 0 Å². The molecule has 0 atom stereocenters. The van der Waals surface area contributed by atoms with Crippen LogP contribution in [0.2, 0.25) is 0 Å². The molecule has 17 heavy (non-hydrogen) atoms. The van der Waals surface area contributed by atoms with Crippen molar-refractivity contribution in [1.29, 1.82) is 0 Å². The minimum atomic E-state index is -0.329. The highest BCUT2D eigenvalue weighted by atomic mass is 79.9. The van der Waals surface area contributed by atoms with E-state index in [1.807, 2.05) is 0 Å². The van der Waals surface area contributed by atoms with Gasteiger partial charge in [-0.1, -0.05) is 0 Å². The summed E-state index contributed by atoms with van der Waals surface area (Å²) >= 11 is 5.99. The summed E-state index contributed by atoms with van der Waals surface area (Å²) in [7, 11) is 0. The maximum absolute atomic E-state index is 11.6. The number of thiophene rings is 2. The fourth-order valence-corrected chi connectivity index (χ4v) is 2.99. The molecule has 0 saturated heterocycles. The van der Waals surface area contributed by atoms with E-state index < -0.39 is 0 Å². The minimum Gasteiger partial charge on any atom is -0.267 e. The molecule has 0 aromatic carbocycles. The summed E-state index contributed by atoms with van der Waals surface area (Å²) in [5.74, 6) is -0.653. The molecule has 2 heterocycles. The first-order chi connectivity index (χ1) is 8.16. The lowest BCUT2D eigenvalue weighted by molar-refractivity contribution is 0.0849. The number of hydrogen-bond acceptors (Lipinski definition) is 4. The highest BCUT2D eigenvalue weighted by molar-refractivity contribution is 9.11. The van der Waals surface area contributed by atoms with Gasteiger partial charge in [0, 0.05) is 5.38 Å². The van der Waals surface area contributed by atoms with Crippen molar-refractivity contribution in [2.24, 2.45) is 0 Å². The Kier molecular flexibility index (Phi) is 3.93. The lowest BCUT2D eigenvalue weighted by Gasteiger charge is -2.04. The average Bonchev–Trinajstić information content (AvgIpc) is 2.95. The van der Waals surface area contributed by atoms with Gasteiger partial charge in [0.15, 0.2) is 0 Å². The summed E-state index contributed by atoms with van der Waals surface area (Å²) in [4.78, 5) is 23.7. The average molecular weight is 331 g/mol. The van der Waals surface area contributed by atoms with Crippen LogP contribution in [0.25, 0.3) is 0 Å². The fourth-order valence-electron chi connectivity index (χ4n) is 1.08. The molecule has 2 aromatic rings. The van der Waals surface area contributed by atoms with Crippen molar-refractivity contribution in [3.05, 3.63) is 43.2 Å². The van der Waals surface area contributed by atoms with Gasteiger partial charge in [-0.25, -0.2) is 0 Å². The normalized spacial score (nSPS) is 9.94. The van der Waals surface area contributed by atoms with Gasteiger partial charge in [-0.2, -0.15) is 11.3 Å². The summed E-state index contributed by atoms with van der Waals surface area (Å²) in [5, 5.41) is 3.51. The molecule has 0 spiro atoms. The van der Waals surface area contributed by atoms with Crippen molar-refractivity contribution in [1.82, 2.24) is 10.9 Å². The number of nitrogens with one attached hydrogen (secondary N) is 2. The Morgan fingerprint density at radius 3 is 2.47 bits per heavy atom. The Morgan fingerprint density at radius 2 is 1.88 bits per heavy atom. The maximum Gasteiger partial charge on any atom is 0.279 e. The van der Waals surface area contributed by atoms with E-state index in [1.54, 1.807) is 29.0 Å². The first-order valence-corrected chi connectivity index (χ1v) is 7.10.